The molecule has 12 heteroatoms. The third kappa shape index (κ3) is 8.79. The molecule has 3 rings (SSSR count). The number of anilines is 1. The molecule has 0 spiro atoms. The molecule has 0 heterocycles. The normalized spacial score (nSPS) is 12.2. The van der Waals surface area contributed by atoms with Crippen LogP contribution in [0, 0.1) is 0 Å². The summed E-state index contributed by atoms with van der Waals surface area (Å²) in [5.41, 5.74) is 0.397. The number of methoxy groups -OCH3 is 2. The fraction of sp³-hybridized carbons (Fsp3) is 0.375. The molecule has 1 N–H and O–H groups in total. The number of ether oxygens (including phenoxy) is 3. The molecule has 0 aliphatic rings. The van der Waals surface area contributed by atoms with Crippen LogP contribution in [0.2, 0.25) is 5.02 Å². The summed E-state index contributed by atoms with van der Waals surface area (Å²) in [6.07, 6.45) is 0. The summed E-state index contributed by atoms with van der Waals surface area (Å²) in [5.74, 6) is 0.138. The minimum Gasteiger partial charge on any atom is -0.494 e. The monoisotopic (exact) mass is 645 g/mol. The fourth-order valence-electron chi connectivity index (χ4n) is 4.35. The number of nitrogens with one attached hydrogen (secondary N) is 1. The highest BCUT2D eigenvalue weighted by atomic mass is 35.5. The molecule has 1 atom stereocenters. The Bertz CT molecular complexity index is 1540. The molecular formula is C32H40ClN3O7S. The summed E-state index contributed by atoms with van der Waals surface area (Å²) >= 11 is 6.07. The Morgan fingerprint density at radius 3 is 2.09 bits per heavy atom. The molecule has 1 unspecified atom stereocenters. The van der Waals surface area contributed by atoms with Crippen LogP contribution in [0.1, 0.15) is 40.2 Å². The van der Waals surface area contributed by atoms with Gasteiger partial charge in [-0.25, -0.2) is 8.42 Å². The summed E-state index contributed by atoms with van der Waals surface area (Å²) < 4.78 is 45.5. The zero-order valence-corrected chi connectivity index (χ0v) is 27.7. The van der Waals surface area contributed by atoms with E-state index in [0.29, 0.717) is 28.7 Å². The van der Waals surface area contributed by atoms with Crippen LogP contribution in [0.15, 0.2) is 71.6 Å². The first-order valence-corrected chi connectivity index (χ1v) is 15.9. The van der Waals surface area contributed by atoms with Crippen molar-refractivity contribution in [2.75, 3.05) is 31.7 Å². The summed E-state index contributed by atoms with van der Waals surface area (Å²) in [4.78, 5) is 28.6. The highest BCUT2D eigenvalue weighted by Crippen LogP contribution is 2.33. The zero-order valence-electron chi connectivity index (χ0n) is 26.1. The number of hydrogen-bond acceptors (Lipinski definition) is 7. The number of carbonyl (C=O) groups excluding carboxylic acids is 2. The summed E-state index contributed by atoms with van der Waals surface area (Å²) in [6.45, 7) is 8.85. The quantitative estimate of drug-likeness (QED) is 0.269. The van der Waals surface area contributed by atoms with Crippen LogP contribution in [-0.4, -0.2) is 64.1 Å². The molecule has 0 saturated heterocycles. The first-order valence-electron chi connectivity index (χ1n) is 14.0. The Labute approximate surface area is 264 Å². The Kier molecular flexibility index (Phi) is 11.5. The first kappa shape index (κ1) is 34.5. The van der Waals surface area contributed by atoms with Crippen molar-refractivity contribution in [1.82, 2.24) is 10.2 Å². The van der Waals surface area contributed by atoms with E-state index < -0.39 is 34.1 Å². The maximum atomic E-state index is 14.2. The highest BCUT2D eigenvalue weighted by molar-refractivity contribution is 7.92. The molecule has 0 bridgehead atoms. The second-order valence-electron chi connectivity index (χ2n) is 11.0. The van der Waals surface area contributed by atoms with Crippen molar-refractivity contribution in [2.24, 2.45) is 0 Å². The number of nitrogens with zero attached hydrogens (tertiary/aromatic N) is 2. The van der Waals surface area contributed by atoms with Crippen molar-refractivity contribution in [3.05, 3.63) is 77.3 Å². The molecule has 2 amide bonds. The minimum absolute atomic E-state index is 0.0439. The van der Waals surface area contributed by atoms with E-state index in [1.807, 2.05) is 27.7 Å². The van der Waals surface area contributed by atoms with E-state index in [4.69, 9.17) is 25.8 Å². The maximum absolute atomic E-state index is 14.2. The van der Waals surface area contributed by atoms with Gasteiger partial charge in [-0.1, -0.05) is 23.7 Å². The van der Waals surface area contributed by atoms with Gasteiger partial charge in [0.1, 0.15) is 18.3 Å². The van der Waals surface area contributed by atoms with Gasteiger partial charge in [0.2, 0.25) is 11.8 Å². The summed E-state index contributed by atoms with van der Waals surface area (Å²) in [7, 11) is -1.48. The van der Waals surface area contributed by atoms with Gasteiger partial charge in [-0.3, -0.25) is 13.9 Å². The van der Waals surface area contributed by atoms with E-state index >= 15 is 0 Å². The van der Waals surface area contributed by atoms with Crippen molar-refractivity contribution in [3.63, 3.8) is 0 Å². The second-order valence-corrected chi connectivity index (χ2v) is 13.3. The van der Waals surface area contributed by atoms with Crippen LogP contribution in [0.25, 0.3) is 0 Å². The predicted octanol–water partition coefficient (Wildman–Crippen LogP) is 5.28. The van der Waals surface area contributed by atoms with E-state index in [-0.39, 0.29) is 28.8 Å². The Balaban J connectivity index is 2.09. The Morgan fingerprint density at radius 1 is 0.932 bits per heavy atom. The molecule has 0 aliphatic heterocycles. The lowest BCUT2D eigenvalue weighted by Crippen LogP contribution is -2.54. The number of carbonyl (C=O) groups is 2. The van der Waals surface area contributed by atoms with Gasteiger partial charge in [0.05, 0.1) is 31.4 Å². The van der Waals surface area contributed by atoms with Crippen LogP contribution in [0.5, 0.6) is 17.2 Å². The van der Waals surface area contributed by atoms with Crippen molar-refractivity contribution in [2.45, 2.75) is 57.6 Å². The number of benzene rings is 3. The van der Waals surface area contributed by atoms with Crippen LogP contribution >= 0.6 is 11.6 Å². The highest BCUT2D eigenvalue weighted by Gasteiger charge is 2.34. The number of rotatable bonds is 13. The van der Waals surface area contributed by atoms with Gasteiger partial charge in [0.15, 0.2) is 11.5 Å². The van der Waals surface area contributed by atoms with Crippen molar-refractivity contribution < 1.29 is 32.2 Å². The lowest BCUT2D eigenvalue weighted by molar-refractivity contribution is -0.140. The van der Waals surface area contributed by atoms with Gasteiger partial charge in [-0.2, -0.15) is 0 Å². The average molecular weight is 646 g/mol. The SMILES string of the molecule is CCOc1ccc(N(CC(=O)N(Cc2ccc(Cl)cc2)C(C)C(=O)NC(C)(C)C)S(=O)(=O)c2ccc(OC)c(OC)c2)cc1. The first-order chi connectivity index (χ1) is 20.7. The van der Waals surface area contributed by atoms with E-state index in [2.05, 4.69) is 5.32 Å². The molecule has 238 valence electrons. The molecule has 10 nitrogen and oxygen atoms in total. The number of halogens is 1. The zero-order chi connectivity index (χ0) is 32.7. The van der Waals surface area contributed by atoms with Gasteiger partial charge in [0, 0.05) is 23.2 Å². The molecule has 0 aromatic heterocycles. The average Bonchev–Trinajstić information content (AvgIpc) is 2.98. The standard InChI is InChI=1S/C32H40ClN3O7S/c1-8-43-26-15-13-25(14-16-26)36(44(39,40)27-17-18-28(41-6)29(19-27)42-7)21-30(37)35(20-23-9-11-24(33)12-10-23)22(2)31(38)34-32(3,4)5/h9-19,22H,8,20-21H2,1-7H3,(H,34,38). The van der Waals surface area contributed by atoms with Gasteiger partial charge in [-0.05, 0) is 88.7 Å². The lowest BCUT2D eigenvalue weighted by Gasteiger charge is -2.33. The largest absolute Gasteiger partial charge is 0.494 e. The van der Waals surface area contributed by atoms with Crippen LogP contribution in [0.3, 0.4) is 0 Å². The Morgan fingerprint density at radius 2 is 1.55 bits per heavy atom. The Hall–Kier alpha value is -3.96. The maximum Gasteiger partial charge on any atom is 0.264 e. The van der Waals surface area contributed by atoms with E-state index in [9.17, 15) is 18.0 Å². The third-order valence-electron chi connectivity index (χ3n) is 6.59. The predicted molar refractivity (Wildman–Crippen MR) is 171 cm³/mol. The molecule has 0 saturated carbocycles. The van der Waals surface area contributed by atoms with Crippen LogP contribution in [-0.2, 0) is 26.2 Å². The number of sulfonamides is 1. The van der Waals surface area contributed by atoms with Crippen molar-refractivity contribution in [3.8, 4) is 17.2 Å². The van der Waals surface area contributed by atoms with E-state index in [0.717, 1.165) is 4.31 Å². The molecule has 0 fully saturated rings. The third-order valence-corrected chi connectivity index (χ3v) is 8.61. The van der Waals surface area contributed by atoms with Crippen molar-refractivity contribution >= 4 is 39.1 Å². The number of amides is 2. The van der Waals surface area contributed by atoms with E-state index in [1.165, 1.54) is 37.3 Å². The number of hydrogen-bond donors (Lipinski definition) is 1. The van der Waals surface area contributed by atoms with Crippen molar-refractivity contribution in [1.29, 1.82) is 0 Å². The lowest BCUT2D eigenvalue weighted by atomic mass is 10.1. The molecular weight excluding hydrogens is 606 g/mol. The van der Waals surface area contributed by atoms with Crippen LogP contribution < -0.4 is 23.8 Å². The summed E-state index contributed by atoms with van der Waals surface area (Å²) in [6, 6.07) is 16.5. The van der Waals surface area contributed by atoms with Crippen LogP contribution in [0.4, 0.5) is 5.69 Å². The molecule has 3 aromatic carbocycles. The molecule has 3 aromatic rings. The molecule has 0 aliphatic carbocycles. The van der Waals surface area contributed by atoms with Gasteiger partial charge in [-0.15, -0.1) is 0 Å². The molecule has 0 radical (unpaired) electrons. The second kappa shape index (κ2) is 14.7. The summed E-state index contributed by atoms with van der Waals surface area (Å²) in [5, 5.41) is 3.43. The minimum atomic E-state index is -4.33. The fourth-order valence-corrected chi connectivity index (χ4v) is 5.91. The van der Waals surface area contributed by atoms with E-state index in [1.54, 1.807) is 55.5 Å². The van der Waals surface area contributed by atoms with Gasteiger partial charge < -0.3 is 24.4 Å². The topological polar surface area (TPSA) is 114 Å². The van der Waals surface area contributed by atoms with Gasteiger partial charge >= 0.3 is 0 Å². The smallest absolute Gasteiger partial charge is 0.264 e. The molecule has 44 heavy (non-hydrogen) atoms. The van der Waals surface area contributed by atoms with Gasteiger partial charge in [0.25, 0.3) is 10.0 Å².